The minimum absolute atomic E-state index is 0.201. The van der Waals surface area contributed by atoms with Crippen LogP contribution in [0.3, 0.4) is 0 Å². The van der Waals surface area contributed by atoms with Crippen LogP contribution in [0, 0.1) is 5.92 Å². The zero-order valence-corrected chi connectivity index (χ0v) is 13.1. The average molecular weight is 313 g/mol. The topological polar surface area (TPSA) is 20.2 Å². The van der Waals surface area contributed by atoms with Crippen molar-refractivity contribution >= 4 is 15.9 Å². The first-order chi connectivity index (χ1) is 8.65. The fraction of sp³-hybridized carbons (Fsp3) is 0.625. The number of hydrogen-bond acceptors (Lipinski definition) is 1. The summed E-state index contributed by atoms with van der Waals surface area (Å²) in [6, 6.07) is 8.24. The zero-order valence-electron chi connectivity index (χ0n) is 11.5. The molecule has 1 N–H and O–H groups in total. The summed E-state index contributed by atoms with van der Waals surface area (Å²) < 4.78 is 1.09. The van der Waals surface area contributed by atoms with Gasteiger partial charge in [0.1, 0.15) is 0 Å². The molecule has 0 saturated carbocycles. The molecule has 0 heterocycles. The standard InChI is InChI=1S/C16H25BrO/c1-3-5-6-13(4-2)11-16(18)12-14-7-9-15(17)10-8-14/h7-10,13,16,18H,3-6,11-12H2,1-2H3. The van der Waals surface area contributed by atoms with Crippen molar-refractivity contribution in [3.63, 3.8) is 0 Å². The Bertz CT molecular complexity index is 320. The summed E-state index contributed by atoms with van der Waals surface area (Å²) in [5.74, 6) is 0.676. The van der Waals surface area contributed by atoms with Gasteiger partial charge in [0, 0.05) is 4.47 Å². The van der Waals surface area contributed by atoms with Crippen LogP contribution in [0.5, 0.6) is 0 Å². The summed E-state index contributed by atoms with van der Waals surface area (Å²) in [5, 5.41) is 10.2. The lowest BCUT2D eigenvalue weighted by Gasteiger charge is -2.18. The van der Waals surface area contributed by atoms with E-state index in [0.29, 0.717) is 5.92 Å². The lowest BCUT2D eigenvalue weighted by molar-refractivity contribution is 0.137. The van der Waals surface area contributed by atoms with E-state index in [-0.39, 0.29) is 6.10 Å². The molecule has 1 aromatic carbocycles. The summed E-state index contributed by atoms with van der Waals surface area (Å²) in [6.45, 7) is 4.46. The van der Waals surface area contributed by atoms with Gasteiger partial charge in [-0.25, -0.2) is 0 Å². The van der Waals surface area contributed by atoms with Gasteiger partial charge in [0.2, 0.25) is 0 Å². The smallest absolute Gasteiger partial charge is 0.0583 e. The molecule has 0 saturated heterocycles. The van der Waals surface area contributed by atoms with Gasteiger partial charge in [-0.1, -0.05) is 67.6 Å². The molecule has 18 heavy (non-hydrogen) atoms. The first kappa shape index (κ1) is 15.7. The first-order valence-electron chi connectivity index (χ1n) is 7.08. The van der Waals surface area contributed by atoms with E-state index in [9.17, 15) is 5.11 Å². The molecule has 1 rings (SSSR count). The van der Waals surface area contributed by atoms with Crippen molar-refractivity contribution < 1.29 is 5.11 Å². The average Bonchev–Trinajstić information content (AvgIpc) is 2.37. The van der Waals surface area contributed by atoms with Crippen molar-refractivity contribution in [1.29, 1.82) is 0 Å². The zero-order chi connectivity index (χ0) is 13.4. The Morgan fingerprint density at radius 3 is 2.39 bits per heavy atom. The summed E-state index contributed by atoms with van der Waals surface area (Å²) in [6.07, 6.45) is 6.47. The normalized spacial score (nSPS) is 14.4. The van der Waals surface area contributed by atoms with Crippen molar-refractivity contribution in [2.75, 3.05) is 0 Å². The highest BCUT2D eigenvalue weighted by Gasteiger charge is 2.13. The molecular formula is C16H25BrO. The molecule has 0 fully saturated rings. The highest BCUT2D eigenvalue weighted by atomic mass is 79.9. The van der Waals surface area contributed by atoms with Crippen molar-refractivity contribution in [3.05, 3.63) is 34.3 Å². The van der Waals surface area contributed by atoms with Crippen molar-refractivity contribution in [1.82, 2.24) is 0 Å². The molecule has 1 nitrogen and oxygen atoms in total. The van der Waals surface area contributed by atoms with E-state index in [2.05, 4.69) is 41.9 Å². The van der Waals surface area contributed by atoms with E-state index in [1.807, 2.05) is 12.1 Å². The van der Waals surface area contributed by atoms with E-state index in [1.54, 1.807) is 0 Å². The Morgan fingerprint density at radius 1 is 1.17 bits per heavy atom. The van der Waals surface area contributed by atoms with E-state index >= 15 is 0 Å². The highest BCUT2D eigenvalue weighted by molar-refractivity contribution is 9.10. The largest absolute Gasteiger partial charge is 0.393 e. The second kappa shape index (κ2) is 8.71. The van der Waals surface area contributed by atoms with Crippen molar-refractivity contribution in [3.8, 4) is 0 Å². The molecule has 0 radical (unpaired) electrons. The molecule has 1 aromatic rings. The number of rotatable bonds is 8. The predicted molar refractivity (Wildman–Crippen MR) is 81.8 cm³/mol. The van der Waals surface area contributed by atoms with Crippen LogP contribution in [-0.2, 0) is 6.42 Å². The Hall–Kier alpha value is -0.340. The van der Waals surface area contributed by atoms with Gasteiger partial charge in [-0.3, -0.25) is 0 Å². The second-order valence-electron chi connectivity index (χ2n) is 5.14. The van der Waals surface area contributed by atoms with Crippen molar-refractivity contribution in [2.45, 2.75) is 58.5 Å². The number of benzene rings is 1. The van der Waals surface area contributed by atoms with Crippen molar-refractivity contribution in [2.24, 2.45) is 5.92 Å². The highest BCUT2D eigenvalue weighted by Crippen LogP contribution is 2.20. The summed E-state index contributed by atoms with van der Waals surface area (Å²) in [4.78, 5) is 0. The summed E-state index contributed by atoms with van der Waals surface area (Å²) in [5.41, 5.74) is 1.22. The van der Waals surface area contributed by atoms with Gasteiger partial charge in [0.05, 0.1) is 6.10 Å². The Labute approximate surface area is 120 Å². The van der Waals surface area contributed by atoms with Gasteiger partial charge in [-0.05, 0) is 36.5 Å². The maximum atomic E-state index is 10.2. The third-order valence-corrected chi connectivity index (χ3v) is 4.06. The number of hydrogen-bond donors (Lipinski definition) is 1. The molecule has 0 spiro atoms. The third kappa shape index (κ3) is 6.01. The third-order valence-electron chi connectivity index (χ3n) is 3.53. The van der Waals surface area contributed by atoms with Crippen LogP contribution in [0.25, 0.3) is 0 Å². The molecule has 0 amide bonds. The van der Waals surface area contributed by atoms with E-state index < -0.39 is 0 Å². The number of unbranched alkanes of at least 4 members (excludes halogenated alkanes) is 1. The van der Waals surface area contributed by atoms with Gasteiger partial charge >= 0.3 is 0 Å². The van der Waals surface area contributed by atoms with Crippen LogP contribution in [0.2, 0.25) is 0 Å². The molecule has 0 aliphatic heterocycles. The first-order valence-corrected chi connectivity index (χ1v) is 7.87. The lowest BCUT2D eigenvalue weighted by Crippen LogP contribution is -2.16. The minimum atomic E-state index is -0.201. The van der Waals surface area contributed by atoms with Crippen LogP contribution in [-0.4, -0.2) is 11.2 Å². The molecule has 2 heteroatoms. The second-order valence-corrected chi connectivity index (χ2v) is 6.05. The molecule has 0 bridgehead atoms. The van der Waals surface area contributed by atoms with Crippen LogP contribution >= 0.6 is 15.9 Å². The van der Waals surface area contributed by atoms with Crippen LogP contribution in [0.1, 0.15) is 51.5 Å². The predicted octanol–water partition coefficient (Wildman–Crippen LogP) is 4.96. The molecule has 0 aromatic heterocycles. The fourth-order valence-corrected chi connectivity index (χ4v) is 2.61. The molecule has 2 unspecified atom stereocenters. The SMILES string of the molecule is CCCCC(CC)CC(O)Cc1ccc(Br)cc1. The number of aliphatic hydroxyl groups excluding tert-OH is 1. The fourth-order valence-electron chi connectivity index (χ4n) is 2.34. The Kier molecular flexibility index (Phi) is 7.60. The molecule has 0 aliphatic rings. The summed E-state index contributed by atoms with van der Waals surface area (Å²) >= 11 is 3.43. The van der Waals surface area contributed by atoms with Gasteiger partial charge in [0.25, 0.3) is 0 Å². The van der Waals surface area contributed by atoms with Crippen LogP contribution < -0.4 is 0 Å². The Morgan fingerprint density at radius 2 is 1.83 bits per heavy atom. The van der Waals surface area contributed by atoms with Gasteiger partial charge in [0.15, 0.2) is 0 Å². The summed E-state index contributed by atoms with van der Waals surface area (Å²) in [7, 11) is 0. The molecule has 102 valence electrons. The van der Waals surface area contributed by atoms with Gasteiger partial charge in [-0.15, -0.1) is 0 Å². The monoisotopic (exact) mass is 312 g/mol. The molecule has 0 aliphatic carbocycles. The Balaban J connectivity index is 2.39. The number of aliphatic hydroxyl groups is 1. The minimum Gasteiger partial charge on any atom is -0.393 e. The van der Waals surface area contributed by atoms with Gasteiger partial charge < -0.3 is 5.11 Å². The van der Waals surface area contributed by atoms with Crippen LogP contribution in [0.15, 0.2) is 28.7 Å². The molecular weight excluding hydrogens is 288 g/mol. The lowest BCUT2D eigenvalue weighted by atomic mass is 9.91. The quantitative estimate of drug-likeness (QED) is 0.719. The maximum absolute atomic E-state index is 10.2. The maximum Gasteiger partial charge on any atom is 0.0583 e. The van der Waals surface area contributed by atoms with E-state index in [4.69, 9.17) is 0 Å². The van der Waals surface area contributed by atoms with E-state index in [0.717, 1.165) is 17.3 Å². The molecule has 2 atom stereocenters. The number of halogens is 1. The van der Waals surface area contributed by atoms with E-state index in [1.165, 1.54) is 31.2 Å². The van der Waals surface area contributed by atoms with Crippen LogP contribution in [0.4, 0.5) is 0 Å². The van der Waals surface area contributed by atoms with Gasteiger partial charge in [-0.2, -0.15) is 0 Å².